The van der Waals surface area contributed by atoms with Gasteiger partial charge in [0.1, 0.15) is 6.33 Å². The summed E-state index contributed by atoms with van der Waals surface area (Å²) >= 11 is 0. The minimum absolute atomic E-state index is 0.0378. The molecular formula is C17H20N6O5. The number of aromatic carboxylic acids is 1. The largest absolute Gasteiger partial charge is 0.478 e. The van der Waals surface area contributed by atoms with Crippen LogP contribution >= 0.6 is 0 Å². The number of β-amino-alcohol motifs (C(OH)–C–C–N with tert-alkyl or cyclic N) is 1. The molecule has 0 saturated carbocycles. The van der Waals surface area contributed by atoms with E-state index in [-0.39, 0.29) is 29.5 Å². The van der Waals surface area contributed by atoms with Crippen molar-refractivity contribution >= 4 is 29.0 Å². The first-order valence-corrected chi connectivity index (χ1v) is 8.67. The number of carbonyl (C=O) groups is 1. The average molecular weight is 388 g/mol. The molecule has 3 rings (SSSR count). The van der Waals surface area contributed by atoms with Crippen molar-refractivity contribution in [1.82, 2.24) is 14.9 Å². The molecule has 1 aromatic heterocycles. The first kappa shape index (κ1) is 19.5. The van der Waals surface area contributed by atoms with Crippen LogP contribution in [0.25, 0.3) is 0 Å². The Morgan fingerprint density at radius 3 is 2.43 bits per heavy atom. The molecule has 1 aliphatic rings. The second-order valence-corrected chi connectivity index (χ2v) is 6.21. The van der Waals surface area contributed by atoms with Gasteiger partial charge >= 0.3 is 11.7 Å². The van der Waals surface area contributed by atoms with E-state index in [9.17, 15) is 14.9 Å². The Hall–Kier alpha value is -3.31. The molecule has 11 heteroatoms. The maximum atomic E-state index is 11.7. The van der Waals surface area contributed by atoms with Gasteiger partial charge in [-0.25, -0.2) is 14.8 Å². The summed E-state index contributed by atoms with van der Waals surface area (Å²) in [6.07, 6.45) is 1.26. The lowest BCUT2D eigenvalue weighted by molar-refractivity contribution is -0.383. The number of anilines is 3. The zero-order chi connectivity index (χ0) is 20.1. The molecule has 2 heterocycles. The summed E-state index contributed by atoms with van der Waals surface area (Å²) in [7, 11) is 0. The van der Waals surface area contributed by atoms with Crippen LogP contribution in [0.4, 0.5) is 23.0 Å². The number of hydrogen-bond acceptors (Lipinski definition) is 9. The van der Waals surface area contributed by atoms with Crippen LogP contribution < -0.4 is 10.2 Å². The Labute approximate surface area is 160 Å². The molecule has 0 unspecified atom stereocenters. The molecule has 0 spiro atoms. The third-order valence-electron chi connectivity index (χ3n) is 4.47. The second-order valence-electron chi connectivity index (χ2n) is 6.21. The number of benzene rings is 1. The van der Waals surface area contributed by atoms with Crippen molar-refractivity contribution in [2.24, 2.45) is 0 Å². The monoisotopic (exact) mass is 388 g/mol. The highest BCUT2D eigenvalue weighted by Gasteiger charge is 2.29. The molecule has 2 aromatic rings. The third kappa shape index (κ3) is 4.32. The van der Waals surface area contributed by atoms with E-state index in [0.717, 1.165) is 0 Å². The summed E-state index contributed by atoms with van der Waals surface area (Å²) in [5.74, 6) is -0.786. The van der Waals surface area contributed by atoms with Crippen LogP contribution in [0.15, 0.2) is 30.6 Å². The molecule has 148 valence electrons. The molecule has 0 bridgehead atoms. The number of carboxylic acids is 1. The van der Waals surface area contributed by atoms with Gasteiger partial charge in [0.15, 0.2) is 0 Å². The first-order chi connectivity index (χ1) is 13.5. The quantitative estimate of drug-likeness (QED) is 0.463. The third-order valence-corrected chi connectivity index (χ3v) is 4.47. The lowest BCUT2D eigenvalue weighted by atomic mass is 10.2. The number of hydrogen-bond donors (Lipinski definition) is 3. The zero-order valence-electron chi connectivity index (χ0n) is 15.0. The fraction of sp³-hybridized carbons (Fsp3) is 0.353. The molecule has 3 N–H and O–H groups in total. The molecule has 11 nitrogen and oxygen atoms in total. The van der Waals surface area contributed by atoms with Crippen molar-refractivity contribution < 1.29 is 19.9 Å². The standard InChI is InChI=1S/C17H20N6O5/c24-10-9-21-5-7-22(8-6-21)16-14(23(27)28)15(18-11-19-16)20-13-3-1-12(2-4-13)17(25)26/h1-4,11,24H,5-10H2,(H,25,26)(H,18,19,20). The Balaban J connectivity index is 1.84. The highest BCUT2D eigenvalue weighted by molar-refractivity contribution is 5.88. The van der Waals surface area contributed by atoms with Gasteiger partial charge < -0.3 is 20.4 Å². The Kier molecular flexibility index (Phi) is 5.96. The predicted molar refractivity (Wildman–Crippen MR) is 101 cm³/mol. The summed E-state index contributed by atoms with van der Waals surface area (Å²) in [4.78, 5) is 34.2. The number of rotatable bonds is 7. The summed E-state index contributed by atoms with van der Waals surface area (Å²) in [6, 6.07) is 5.84. The summed E-state index contributed by atoms with van der Waals surface area (Å²) in [6.45, 7) is 3.07. The molecule has 0 atom stereocenters. The van der Waals surface area contributed by atoms with E-state index in [1.165, 1.54) is 30.6 Å². The highest BCUT2D eigenvalue weighted by Crippen LogP contribution is 2.34. The minimum Gasteiger partial charge on any atom is -0.478 e. The number of nitrogens with one attached hydrogen (secondary N) is 1. The van der Waals surface area contributed by atoms with Gasteiger partial charge in [-0.15, -0.1) is 0 Å². The van der Waals surface area contributed by atoms with E-state index >= 15 is 0 Å². The summed E-state index contributed by atoms with van der Waals surface area (Å²) < 4.78 is 0. The van der Waals surface area contributed by atoms with Crippen LogP contribution in [0.5, 0.6) is 0 Å². The molecule has 1 fully saturated rings. The average Bonchev–Trinajstić information content (AvgIpc) is 2.69. The molecule has 1 saturated heterocycles. The molecule has 0 radical (unpaired) electrons. The maximum absolute atomic E-state index is 11.7. The lowest BCUT2D eigenvalue weighted by Gasteiger charge is -2.34. The lowest BCUT2D eigenvalue weighted by Crippen LogP contribution is -2.47. The van der Waals surface area contributed by atoms with Gasteiger partial charge in [0, 0.05) is 38.4 Å². The predicted octanol–water partition coefficient (Wildman–Crippen LogP) is 0.941. The SMILES string of the molecule is O=C(O)c1ccc(Nc2ncnc(N3CCN(CCO)CC3)c2[N+](=O)[O-])cc1. The van der Waals surface area contributed by atoms with Crippen LogP contribution in [0.3, 0.4) is 0 Å². The van der Waals surface area contributed by atoms with Crippen LogP contribution in [0.1, 0.15) is 10.4 Å². The van der Waals surface area contributed by atoms with Gasteiger partial charge in [-0.05, 0) is 24.3 Å². The molecular weight excluding hydrogens is 368 g/mol. The van der Waals surface area contributed by atoms with E-state index in [1.54, 1.807) is 0 Å². The van der Waals surface area contributed by atoms with Crippen molar-refractivity contribution in [2.75, 3.05) is 49.5 Å². The molecule has 1 aliphatic heterocycles. The van der Waals surface area contributed by atoms with Gasteiger partial charge in [0.25, 0.3) is 0 Å². The normalized spacial score (nSPS) is 14.7. The second kappa shape index (κ2) is 8.59. The highest BCUT2D eigenvalue weighted by atomic mass is 16.6. The molecule has 1 aromatic carbocycles. The maximum Gasteiger partial charge on any atom is 0.353 e. The van der Waals surface area contributed by atoms with Gasteiger partial charge in [0.05, 0.1) is 17.1 Å². The van der Waals surface area contributed by atoms with Crippen molar-refractivity contribution in [2.45, 2.75) is 0 Å². The number of aromatic nitrogens is 2. The topological polar surface area (TPSA) is 145 Å². The van der Waals surface area contributed by atoms with Gasteiger partial charge in [0.2, 0.25) is 11.6 Å². The van der Waals surface area contributed by atoms with Crippen LogP contribution in [-0.2, 0) is 0 Å². The van der Waals surface area contributed by atoms with Crippen molar-refractivity contribution in [1.29, 1.82) is 0 Å². The Morgan fingerprint density at radius 1 is 1.18 bits per heavy atom. The molecule has 0 amide bonds. The number of carboxylic acid groups (broad SMARTS) is 1. The van der Waals surface area contributed by atoms with Gasteiger partial charge in [-0.3, -0.25) is 15.0 Å². The van der Waals surface area contributed by atoms with E-state index in [1.807, 2.05) is 4.90 Å². The molecule has 28 heavy (non-hydrogen) atoms. The molecule has 0 aliphatic carbocycles. The first-order valence-electron chi connectivity index (χ1n) is 8.67. The van der Waals surface area contributed by atoms with Gasteiger partial charge in [-0.2, -0.15) is 0 Å². The Bertz CT molecular complexity index is 852. The number of nitro groups is 1. The number of aliphatic hydroxyl groups excluding tert-OH is 1. The minimum atomic E-state index is -1.05. The van der Waals surface area contributed by atoms with Crippen LogP contribution in [0, 0.1) is 10.1 Å². The van der Waals surface area contributed by atoms with Crippen LogP contribution in [-0.4, -0.2) is 75.3 Å². The number of nitrogens with zero attached hydrogens (tertiary/aromatic N) is 5. The van der Waals surface area contributed by atoms with E-state index in [4.69, 9.17) is 10.2 Å². The number of piperazine rings is 1. The van der Waals surface area contributed by atoms with Crippen LogP contribution in [0.2, 0.25) is 0 Å². The smallest absolute Gasteiger partial charge is 0.353 e. The fourth-order valence-electron chi connectivity index (χ4n) is 3.02. The van der Waals surface area contributed by atoms with Crippen molar-refractivity contribution in [3.8, 4) is 0 Å². The van der Waals surface area contributed by atoms with Gasteiger partial charge in [-0.1, -0.05) is 0 Å². The van der Waals surface area contributed by atoms with Crippen molar-refractivity contribution in [3.63, 3.8) is 0 Å². The number of aliphatic hydroxyl groups is 1. The van der Waals surface area contributed by atoms with Crippen molar-refractivity contribution in [3.05, 3.63) is 46.3 Å². The van der Waals surface area contributed by atoms with E-state index in [0.29, 0.717) is 38.4 Å². The van der Waals surface area contributed by atoms with E-state index < -0.39 is 10.9 Å². The summed E-state index contributed by atoms with van der Waals surface area (Å²) in [5.41, 5.74) is 0.357. The Morgan fingerprint density at radius 2 is 1.86 bits per heavy atom. The summed E-state index contributed by atoms with van der Waals surface area (Å²) in [5, 5.41) is 32.6. The fourth-order valence-corrected chi connectivity index (χ4v) is 3.02. The zero-order valence-corrected chi connectivity index (χ0v) is 15.0. The van der Waals surface area contributed by atoms with E-state index in [2.05, 4.69) is 20.2 Å².